The van der Waals surface area contributed by atoms with E-state index in [4.69, 9.17) is 11.6 Å². The normalized spacial score (nSPS) is 12.8. The van der Waals surface area contributed by atoms with E-state index in [0.717, 1.165) is 28.0 Å². The number of nitrogens with zero attached hydrogens (tertiary/aromatic N) is 2. The van der Waals surface area contributed by atoms with Crippen molar-refractivity contribution in [3.05, 3.63) is 65.2 Å². The number of aromatic nitrogens is 2. The topological polar surface area (TPSA) is 17.8 Å². The molecule has 0 radical (unpaired) electrons. The van der Waals surface area contributed by atoms with Crippen molar-refractivity contribution in [1.29, 1.82) is 0 Å². The van der Waals surface area contributed by atoms with E-state index in [1.807, 2.05) is 32.0 Å². The molecule has 0 saturated heterocycles. The van der Waals surface area contributed by atoms with Crippen LogP contribution in [0.5, 0.6) is 0 Å². The fraction of sp³-hybridized carbons (Fsp3) is 0.235. The molecule has 0 aliphatic heterocycles. The Hall–Kier alpha value is -1.87. The Bertz CT molecular complexity index is 793. The van der Waals surface area contributed by atoms with Gasteiger partial charge in [-0.2, -0.15) is 0 Å². The summed E-state index contributed by atoms with van der Waals surface area (Å²) in [6, 6.07) is 12.8. The maximum Gasteiger partial charge on any atom is 0.128 e. The molecule has 0 saturated carbocycles. The monoisotopic (exact) mass is 302 g/mol. The van der Waals surface area contributed by atoms with Gasteiger partial charge >= 0.3 is 0 Å². The summed E-state index contributed by atoms with van der Waals surface area (Å²) in [6.07, 6.45) is 0. The van der Waals surface area contributed by atoms with E-state index >= 15 is 0 Å². The first-order valence-corrected chi connectivity index (χ1v) is 7.33. The molecule has 1 aromatic heterocycles. The summed E-state index contributed by atoms with van der Waals surface area (Å²) >= 11 is 6.26. The van der Waals surface area contributed by atoms with Gasteiger partial charge in [0.1, 0.15) is 11.6 Å². The zero-order valence-electron chi connectivity index (χ0n) is 12.0. The summed E-state index contributed by atoms with van der Waals surface area (Å²) in [7, 11) is 0. The van der Waals surface area contributed by atoms with Crippen LogP contribution in [0, 0.1) is 12.7 Å². The van der Waals surface area contributed by atoms with Crippen LogP contribution in [0.25, 0.3) is 11.0 Å². The lowest BCUT2D eigenvalue weighted by Crippen LogP contribution is -2.06. The zero-order chi connectivity index (χ0) is 15.0. The Balaban J connectivity index is 2.13. The molecule has 4 heteroatoms. The SMILES string of the molecule is Cc1ccc2c(c1)nc(C(C)Cl)n2Cc1cccc(F)c1. The van der Waals surface area contributed by atoms with E-state index in [1.54, 1.807) is 12.1 Å². The van der Waals surface area contributed by atoms with Crippen LogP contribution in [0.1, 0.15) is 29.3 Å². The number of benzene rings is 2. The van der Waals surface area contributed by atoms with Gasteiger partial charge in [0, 0.05) is 6.54 Å². The summed E-state index contributed by atoms with van der Waals surface area (Å²) in [6.45, 7) is 4.50. The molecule has 3 aromatic rings. The van der Waals surface area contributed by atoms with Crippen molar-refractivity contribution >= 4 is 22.6 Å². The predicted molar refractivity (Wildman–Crippen MR) is 84.2 cm³/mol. The van der Waals surface area contributed by atoms with Crippen molar-refractivity contribution in [3.8, 4) is 0 Å². The van der Waals surface area contributed by atoms with E-state index in [0.29, 0.717) is 6.54 Å². The van der Waals surface area contributed by atoms with Gasteiger partial charge in [0.15, 0.2) is 0 Å². The third kappa shape index (κ3) is 2.79. The zero-order valence-corrected chi connectivity index (χ0v) is 12.7. The van der Waals surface area contributed by atoms with E-state index < -0.39 is 0 Å². The molecule has 3 rings (SSSR count). The fourth-order valence-electron chi connectivity index (χ4n) is 2.55. The van der Waals surface area contributed by atoms with Gasteiger partial charge in [-0.3, -0.25) is 0 Å². The van der Waals surface area contributed by atoms with Gasteiger partial charge in [0.25, 0.3) is 0 Å². The molecule has 1 unspecified atom stereocenters. The first-order chi connectivity index (χ1) is 10.0. The number of hydrogen-bond acceptors (Lipinski definition) is 1. The van der Waals surface area contributed by atoms with Crippen LogP contribution in [0.3, 0.4) is 0 Å². The first-order valence-electron chi connectivity index (χ1n) is 6.90. The van der Waals surface area contributed by atoms with Crippen LogP contribution in [-0.4, -0.2) is 9.55 Å². The molecule has 2 nitrogen and oxygen atoms in total. The molecule has 0 N–H and O–H groups in total. The predicted octanol–water partition coefficient (Wildman–Crippen LogP) is 4.83. The second-order valence-electron chi connectivity index (χ2n) is 5.29. The van der Waals surface area contributed by atoms with Gasteiger partial charge in [-0.15, -0.1) is 11.6 Å². The van der Waals surface area contributed by atoms with E-state index in [-0.39, 0.29) is 11.2 Å². The van der Waals surface area contributed by atoms with Gasteiger partial charge < -0.3 is 4.57 Å². The van der Waals surface area contributed by atoms with Crippen LogP contribution in [0.2, 0.25) is 0 Å². The quantitative estimate of drug-likeness (QED) is 0.634. The largest absolute Gasteiger partial charge is 0.322 e. The Morgan fingerprint density at radius 3 is 2.76 bits per heavy atom. The molecule has 21 heavy (non-hydrogen) atoms. The van der Waals surface area contributed by atoms with Crippen molar-refractivity contribution in [2.45, 2.75) is 25.8 Å². The fourth-order valence-corrected chi connectivity index (χ4v) is 2.71. The summed E-state index contributed by atoms with van der Waals surface area (Å²) in [5.41, 5.74) is 4.00. The molecular formula is C17H16ClFN2. The molecule has 0 aliphatic rings. The summed E-state index contributed by atoms with van der Waals surface area (Å²) in [5.74, 6) is 0.578. The van der Waals surface area contributed by atoms with Crippen molar-refractivity contribution in [1.82, 2.24) is 9.55 Å². The van der Waals surface area contributed by atoms with Crippen molar-refractivity contribution in [2.24, 2.45) is 0 Å². The van der Waals surface area contributed by atoms with Crippen LogP contribution in [0.4, 0.5) is 4.39 Å². The van der Waals surface area contributed by atoms with Crippen LogP contribution < -0.4 is 0 Å². The van der Waals surface area contributed by atoms with Gasteiger partial charge in [-0.1, -0.05) is 18.2 Å². The average Bonchev–Trinajstić information content (AvgIpc) is 2.77. The summed E-state index contributed by atoms with van der Waals surface area (Å²) in [4.78, 5) is 4.63. The Labute approximate surface area is 128 Å². The third-order valence-corrected chi connectivity index (χ3v) is 3.71. The number of hydrogen-bond donors (Lipinski definition) is 0. The third-order valence-electron chi connectivity index (χ3n) is 3.52. The highest BCUT2D eigenvalue weighted by Gasteiger charge is 2.15. The molecule has 0 spiro atoms. The Morgan fingerprint density at radius 2 is 2.05 bits per heavy atom. The van der Waals surface area contributed by atoms with E-state index in [2.05, 4.69) is 15.6 Å². The molecule has 0 aliphatic carbocycles. The lowest BCUT2D eigenvalue weighted by molar-refractivity contribution is 0.623. The van der Waals surface area contributed by atoms with Crippen molar-refractivity contribution < 1.29 is 4.39 Å². The molecule has 1 heterocycles. The van der Waals surface area contributed by atoms with Gasteiger partial charge in [0.05, 0.1) is 16.4 Å². The van der Waals surface area contributed by atoms with Crippen LogP contribution in [0.15, 0.2) is 42.5 Å². The standard InChI is InChI=1S/C17H16ClFN2/c1-11-6-7-16-15(8-11)20-17(12(2)18)21(16)10-13-4-3-5-14(19)9-13/h3-9,12H,10H2,1-2H3. The molecule has 2 aromatic carbocycles. The van der Waals surface area contributed by atoms with E-state index in [1.165, 1.54) is 6.07 Å². The highest BCUT2D eigenvalue weighted by molar-refractivity contribution is 6.20. The molecular weight excluding hydrogens is 287 g/mol. The van der Waals surface area contributed by atoms with Gasteiger partial charge in [-0.05, 0) is 49.2 Å². The molecule has 1 atom stereocenters. The van der Waals surface area contributed by atoms with Gasteiger partial charge in [0.2, 0.25) is 0 Å². The molecule has 0 fully saturated rings. The number of rotatable bonds is 3. The van der Waals surface area contributed by atoms with Crippen LogP contribution >= 0.6 is 11.6 Å². The van der Waals surface area contributed by atoms with Crippen molar-refractivity contribution in [3.63, 3.8) is 0 Å². The number of fused-ring (bicyclic) bond motifs is 1. The maximum atomic E-state index is 13.4. The minimum absolute atomic E-state index is 0.203. The van der Waals surface area contributed by atoms with Crippen LogP contribution in [-0.2, 0) is 6.54 Å². The molecule has 108 valence electrons. The maximum absolute atomic E-state index is 13.4. The number of imidazole rings is 1. The Kier molecular flexibility index (Phi) is 3.68. The number of alkyl halides is 1. The Morgan fingerprint density at radius 1 is 1.24 bits per heavy atom. The first kappa shape index (κ1) is 14.1. The minimum Gasteiger partial charge on any atom is -0.322 e. The number of aryl methyl sites for hydroxylation is 1. The molecule has 0 bridgehead atoms. The molecule has 0 amide bonds. The highest BCUT2D eigenvalue weighted by Crippen LogP contribution is 2.26. The second-order valence-corrected chi connectivity index (χ2v) is 5.95. The van der Waals surface area contributed by atoms with Gasteiger partial charge in [-0.25, -0.2) is 9.37 Å². The second kappa shape index (κ2) is 5.49. The lowest BCUT2D eigenvalue weighted by Gasteiger charge is -2.11. The summed E-state index contributed by atoms with van der Waals surface area (Å²) in [5, 5.41) is -0.203. The lowest BCUT2D eigenvalue weighted by atomic mass is 10.2. The minimum atomic E-state index is -0.228. The average molecular weight is 303 g/mol. The highest BCUT2D eigenvalue weighted by atomic mass is 35.5. The van der Waals surface area contributed by atoms with E-state index in [9.17, 15) is 4.39 Å². The smallest absolute Gasteiger partial charge is 0.128 e. The number of halogens is 2. The van der Waals surface area contributed by atoms with Crippen molar-refractivity contribution in [2.75, 3.05) is 0 Å². The summed E-state index contributed by atoms with van der Waals surface area (Å²) < 4.78 is 15.4.